The average Bonchev–Trinajstić information content (AvgIpc) is 2.97. The first-order valence-corrected chi connectivity index (χ1v) is 8.50. The molecule has 2 N–H and O–H groups in total. The van der Waals surface area contributed by atoms with Gasteiger partial charge in [-0.15, -0.1) is 0 Å². The summed E-state index contributed by atoms with van der Waals surface area (Å²) in [6.45, 7) is 0. The van der Waals surface area contributed by atoms with Crippen molar-refractivity contribution in [2.75, 3.05) is 0 Å². The smallest absolute Gasteiger partial charge is 0.348 e. The van der Waals surface area contributed by atoms with E-state index in [9.17, 15) is 18.0 Å². The Balaban J connectivity index is 1.78. The first-order chi connectivity index (χ1) is 11.9. The summed E-state index contributed by atoms with van der Waals surface area (Å²) in [5.41, 5.74) is 1.00. The number of amides is 1. The van der Waals surface area contributed by atoms with Gasteiger partial charge in [0.1, 0.15) is 5.69 Å². The maximum Gasteiger partial charge on any atom is 0.391 e. The maximum atomic E-state index is 12.9. The number of rotatable bonds is 3. The van der Waals surface area contributed by atoms with Gasteiger partial charge in [-0.3, -0.25) is 9.36 Å². The fourth-order valence-electron chi connectivity index (χ4n) is 3.25. The van der Waals surface area contributed by atoms with Crippen molar-refractivity contribution in [1.29, 1.82) is 0 Å². The minimum atomic E-state index is -4.21. The molecule has 0 saturated heterocycles. The SMILES string of the molecule is O=C(N[C@H]1CCC[C@H](C(F)(F)F)C1)c1c[nH]c(=S)n1-c1ccccc1. The Labute approximate surface area is 148 Å². The number of alkyl halides is 3. The Hall–Kier alpha value is -2.09. The molecule has 2 aromatic rings. The highest BCUT2D eigenvalue weighted by molar-refractivity contribution is 7.71. The third-order valence-corrected chi connectivity index (χ3v) is 4.80. The molecule has 1 aromatic heterocycles. The second-order valence-corrected chi connectivity index (χ2v) is 6.61. The van der Waals surface area contributed by atoms with E-state index in [4.69, 9.17) is 12.2 Å². The number of H-pyrrole nitrogens is 1. The second kappa shape index (κ2) is 7.03. The average molecular weight is 369 g/mol. The molecule has 25 heavy (non-hydrogen) atoms. The lowest BCUT2D eigenvalue weighted by molar-refractivity contribution is -0.183. The van der Waals surface area contributed by atoms with E-state index < -0.39 is 24.0 Å². The van der Waals surface area contributed by atoms with Crippen LogP contribution in [-0.2, 0) is 0 Å². The van der Waals surface area contributed by atoms with Crippen LogP contribution in [0.3, 0.4) is 0 Å². The van der Waals surface area contributed by atoms with Crippen LogP contribution < -0.4 is 5.32 Å². The predicted molar refractivity (Wildman–Crippen MR) is 90.2 cm³/mol. The first-order valence-electron chi connectivity index (χ1n) is 8.09. The molecular formula is C17H18F3N3OS. The highest BCUT2D eigenvalue weighted by Crippen LogP contribution is 2.37. The van der Waals surface area contributed by atoms with Crippen LogP contribution >= 0.6 is 12.2 Å². The van der Waals surface area contributed by atoms with Crippen LogP contribution in [0.2, 0.25) is 0 Å². The Morgan fingerprint density at radius 1 is 1.24 bits per heavy atom. The van der Waals surface area contributed by atoms with Crippen LogP contribution in [0.25, 0.3) is 5.69 Å². The number of imidazole rings is 1. The quantitative estimate of drug-likeness (QED) is 0.789. The van der Waals surface area contributed by atoms with Crippen molar-refractivity contribution in [3.8, 4) is 5.69 Å². The number of hydrogen-bond donors (Lipinski definition) is 2. The summed E-state index contributed by atoms with van der Waals surface area (Å²) in [7, 11) is 0. The van der Waals surface area contributed by atoms with E-state index in [0.717, 1.165) is 5.69 Å². The molecule has 1 heterocycles. The summed E-state index contributed by atoms with van der Waals surface area (Å²) in [4.78, 5) is 15.4. The number of benzene rings is 1. The summed E-state index contributed by atoms with van der Waals surface area (Å²) >= 11 is 5.22. The van der Waals surface area contributed by atoms with Crippen LogP contribution in [0.1, 0.15) is 36.2 Å². The van der Waals surface area contributed by atoms with Crippen molar-refractivity contribution < 1.29 is 18.0 Å². The molecule has 0 unspecified atom stereocenters. The lowest BCUT2D eigenvalue weighted by atomic mass is 9.85. The topological polar surface area (TPSA) is 49.8 Å². The van der Waals surface area contributed by atoms with Crippen molar-refractivity contribution in [2.24, 2.45) is 5.92 Å². The third-order valence-electron chi connectivity index (χ3n) is 4.50. The molecule has 8 heteroatoms. The largest absolute Gasteiger partial charge is 0.391 e. The minimum absolute atomic E-state index is 0.0776. The molecule has 1 aromatic carbocycles. The van der Waals surface area contributed by atoms with E-state index in [1.54, 1.807) is 16.7 Å². The van der Waals surface area contributed by atoms with Crippen LogP contribution in [0.15, 0.2) is 36.5 Å². The fourth-order valence-corrected chi connectivity index (χ4v) is 3.51. The van der Waals surface area contributed by atoms with Crippen molar-refractivity contribution in [3.63, 3.8) is 0 Å². The van der Waals surface area contributed by atoms with Gasteiger partial charge < -0.3 is 10.3 Å². The third kappa shape index (κ3) is 3.95. The number of carbonyl (C=O) groups excluding carboxylic acids is 1. The van der Waals surface area contributed by atoms with E-state index in [2.05, 4.69) is 10.3 Å². The predicted octanol–water partition coefficient (Wildman–Crippen LogP) is 4.39. The Morgan fingerprint density at radius 3 is 2.64 bits per heavy atom. The Bertz CT molecular complexity index is 797. The molecule has 2 atom stereocenters. The van der Waals surface area contributed by atoms with Gasteiger partial charge in [0.25, 0.3) is 5.91 Å². The Morgan fingerprint density at radius 2 is 1.96 bits per heavy atom. The van der Waals surface area contributed by atoms with Gasteiger partial charge in [0, 0.05) is 17.9 Å². The maximum absolute atomic E-state index is 12.9. The summed E-state index contributed by atoms with van der Waals surface area (Å²) in [6.07, 6.45) is -1.68. The number of carbonyl (C=O) groups is 1. The molecular weight excluding hydrogens is 351 g/mol. The number of halogens is 3. The molecule has 1 amide bonds. The Kier molecular flexibility index (Phi) is 4.99. The number of para-hydroxylation sites is 1. The fraction of sp³-hybridized carbons (Fsp3) is 0.412. The van der Waals surface area contributed by atoms with E-state index >= 15 is 0 Å². The monoisotopic (exact) mass is 369 g/mol. The van der Waals surface area contributed by atoms with Crippen molar-refractivity contribution >= 4 is 18.1 Å². The lowest BCUT2D eigenvalue weighted by Crippen LogP contribution is -2.42. The first kappa shape index (κ1) is 17.7. The van der Waals surface area contributed by atoms with Gasteiger partial charge in [-0.2, -0.15) is 13.2 Å². The van der Waals surface area contributed by atoms with E-state index in [1.165, 1.54) is 6.20 Å². The number of aromatic amines is 1. The molecule has 1 aliphatic carbocycles. The molecule has 3 rings (SSSR count). The highest BCUT2D eigenvalue weighted by Gasteiger charge is 2.42. The molecule has 0 bridgehead atoms. The summed E-state index contributed by atoms with van der Waals surface area (Å²) < 4.78 is 40.7. The molecule has 1 fully saturated rings. The van der Waals surface area contributed by atoms with Gasteiger partial charge >= 0.3 is 6.18 Å². The number of aromatic nitrogens is 2. The zero-order valence-electron chi connectivity index (χ0n) is 13.3. The standard InChI is InChI=1S/C17H18F3N3OS/c18-17(19,20)11-5-4-6-12(9-11)22-15(24)14-10-21-16(25)23(14)13-7-2-1-3-8-13/h1-3,7-8,10-12H,4-6,9H2,(H,21,25)(H,22,24)/t11-,12-/m0/s1. The normalized spacial score (nSPS) is 21.1. The van der Waals surface area contributed by atoms with Crippen LogP contribution in [0.4, 0.5) is 13.2 Å². The van der Waals surface area contributed by atoms with E-state index in [0.29, 0.717) is 17.6 Å². The highest BCUT2D eigenvalue weighted by atomic mass is 32.1. The van der Waals surface area contributed by atoms with Crippen molar-refractivity contribution in [1.82, 2.24) is 14.9 Å². The minimum Gasteiger partial charge on any atom is -0.348 e. The number of hydrogen-bond acceptors (Lipinski definition) is 2. The summed E-state index contributed by atoms with van der Waals surface area (Å²) in [5.74, 6) is -1.78. The van der Waals surface area contributed by atoms with Gasteiger partial charge in [-0.25, -0.2) is 0 Å². The molecule has 0 aliphatic heterocycles. The van der Waals surface area contributed by atoms with Gasteiger partial charge in [0.15, 0.2) is 4.77 Å². The van der Waals surface area contributed by atoms with E-state index in [-0.39, 0.29) is 18.5 Å². The molecule has 1 aliphatic rings. The zero-order chi connectivity index (χ0) is 18.0. The molecule has 4 nitrogen and oxygen atoms in total. The number of nitrogens with one attached hydrogen (secondary N) is 2. The van der Waals surface area contributed by atoms with Crippen LogP contribution in [0.5, 0.6) is 0 Å². The molecule has 0 radical (unpaired) electrons. The second-order valence-electron chi connectivity index (χ2n) is 6.23. The zero-order valence-corrected chi connectivity index (χ0v) is 14.2. The molecule has 1 saturated carbocycles. The summed E-state index contributed by atoms with van der Waals surface area (Å²) in [6, 6.07) is 8.61. The van der Waals surface area contributed by atoms with Crippen LogP contribution in [-0.4, -0.2) is 27.7 Å². The van der Waals surface area contributed by atoms with E-state index in [1.807, 2.05) is 18.2 Å². The van der Waals surface area contributed by atoms with Crippen LogP contribution in [0, 0.1) is 10.7 Å². The lowest BCUT2D eigenvalue weighted by Gasteiger charge is -2.31. The number of nitrogens with zero attached hydrogens (tertiary/aromatic N) is 1. The van der Waals surface area contributed by atoms with Gasteiger partial charge in [-0.1, -0.05) is 24.6 Å². The molecule has 0 spiro atoms. The van der Waals surface area contributed by atoms with Gasteiger partial charge in [-0.05, 0) is 43.6 Å². The van der Waals surface area contributed by atoms with Crippen molar-refractivity contribution in [3.05, 3.63) is 47.0 Å². The molecule has 134 valence electrons. The van der Waals surface area contributed by atoms with Crippen molar-refractivity contribution in [2.45, 2.75) is 37.9 Å². The van der Waals surface area contributed by atoms with Gasteiger partial charge in [0.05, 0.1) is 5.92 Å². The summed E-state index contributed by atoms with van der Waals surface area (Å²) in [5, 5.41) is 2.73. The van der Waals surface area contributed by atoms with Gasteiger partial charge in [0.2, 0.25) is 0 Å².